The van der Waals surface area contributed by atoms with E-state index in [-0.39, 0.29) is 6.04 Å². The second kappa shape index (κ2) is 6.26. The highest BCUT2D eigenvalue weighted by atomic mass is 16.5. The highest BCUT2D eigenvalue weighted by molar-refractivity contribution is 5.34. The van der Waals surface area contributed by atoms with Crippen molar-refractivity contribution in [1.82, 2.24) is 5.32 Å². The molecule has 0 radical (unpaired) electrons. The topological polar surface area (TPSA) is 34.4 Å². The van der Waals surface area contributed by atoms with E-state index in [2.05, 4.69) is 24.4 Å². The van der Waals surface area contributed by atoms with Gasteiger partial charge in [-0.3, -0.25) is 0 Å². The van der Waals surface area contributed by atoms with Gasteiger partial charge in [0.25, 0.3) is 0 Å². The van der Waals surface area contributed by atoms with E-state index in [0.717, 1.165) is 24.3 Å². The van der Waals surface area contributed by atoms with Gasteiger partial charge >= 0.3 is 0 Å². The van der Waals surface area contributed by atoms with Crippen LogP contribution in [0.15, 0.2) is 47.3 Å². The van der Waals surface area contributed by atoms with Crippen LogP contribution in [0.5, 0.6) is 5.75 Å². The summed E-state index contributed by atoms with van der Waals surface area (Å²) in [6.45, 7) is 3.13. The van der Waals surface area contributed by atoms with E-state index in [0.29, 0.717) is 0 Å². The van der Waals surface area contributed by atoms with Crippen molar-refractivity contribution in [3.05, 3.63) is 54.0 Å². The quantitative estimate of drug-likeness (QED) is 0.847. The van der Waals surface area contributed by atoms with Crippen molar-refractivity contribution >= 4 is 0 Å². The van der Waals surface area contributed by atoms with Crippen molar-refractivity contribution in [3.63, 3.8) is 0 Å². The van der Waals surface area contributed by atoms with Crippen LogP contribution in [0.4, 0.5) is 0 Å². The lowest BCUT2D eigenvalue weighted by Gasteiger charge is -2.17. The average Bonchev–Trinajstić information content (AvgIpc) is 2.94. The molecule has 0 saturated carbocycles. The lowest BCUT2D eigenvalue weighted by Crippen LogP contribution is -2.22. The van der Waals surface area contributed by atoms with Crippen molar-refractivity contribution in [2.45, 2.75) is 19.4 Å². The maximum atomic E-state index is 5.18. The van der Waals surface area contributed by atoms with Crippen LogP contribution in [0.3, 0.4) is 0 Å². The largest absolute Gasteiger partial charge is 0.497 e. The highest BCUT2D eigenvalue weighted by Crippen LogP contribution is 2.24. The van der Waals surface area contributed by atoms with Crippen LogP contribution >= 0.6 is 0 Å². The van der Waals surface area contributed by atoms with Gasteiger partial charge in [0.05, 0.1) is 25.7 Å². The number of hydrogen-bond donors (Lipinski definition) is 1. The Morgan fingerprint density at radius 1 is 1.17 bits per heavy atom. The summed E-state index contributed by atoms with van der Waals surface area (Å²) in [7, 11) is 1.68. The van der Waals surface area contributed by atoms with Crippen LogP contribution in [-0.2, 0) is 0 Å². The molecule has 1 N–H and O–H groups in total. The predicted molar refractivity (Wildman–Crippen MR) is 71.8 cm³/mol. The predicted octanol–water partition coefficient (Wildman–Crippen LogP) is 3.38. The number of methoxy groups -OCH3 is 1. The number of benzene rings is 1. The monoisotopic (exact) mass is 245 g/mol. The molecular weight excluding hydrogens is 226 g/mol. The van der Waals surface area contributed by atoms with Gasteiger partial charge in [0.1, 0.15) is 5.75 Å². The molecule has 1 aromatic carbocycles. The van der Waals surface area contributed by atoms with E-state index in [1.54, 1.807) is 19.6 Å². The van der Waals surface area contributed by atoms with Gasteiger partial charge in [0, 0.05) is 5.56 Å². The second-order valence-corrected chi connectivity index (χ2v) is 4.22. The SMILES string of the molecule is CCCNC(c1ccc(OC)cc1)c1ccoc1. The fraction of sp³-hybridized carbons (Fsp3) is 0.333. The van der Waals surface area contributed by atoms with E-state index < -0.39 is 0 Å². The van der Waals surface area contributed by atoms with Gasteiger partial charge in [-0.1, -0.05) is 19.1 Å². The molecule has 0 aliphatic heterocycles. The van der Waals surface area contributed by atoms with Crippen molar-refractivity contribution in [3.8, 4) is 5.75 Å². The molecule has 0 spiro atoms. The molecule has 0 fully saturated rings. The van der Waals surface area contributed by atoms with Gasteiger partial charge in [0.15, 0.2) is 0 Å². The Morgan fingerprint density at radius 2 is 1.94 bits per heavy atom. The first kappa shape index (κ1) is 12.7. The molecule has 96 valence electrons. The smallest absolute Gasteiger partial charge is 0.118 e. The molecule has 0 amide bonds. The summed E-state index contributed by atoms with van der Waals surface area (Å²) in [5.41, 5.74) is 2.36. The van der Waals surface area contributed by atoms with Gasteiger partial charge < -0.3 is 14.5 Å². The summed E-state index contributed by atoms with van der Waals surface area (Å²) in [6, 6.07) is 10.3. The van der Waals surface area contributed by atoms with Gasteiger partial charge in [-0.2, -0.15) is 0 Å². The second-order valence-electron chi connectivity index (χ2n) is 4.22. The minimum atomic E-state index is 0.176. The van der Waals surface area contributed by atoms with E-state index in [9.17, 15) is 0 Å². The molecule has 0 saturated heterocycles. The zero-order chi connectivity index (χ0) is 12.8. The van der Waals surface area contributed by atoms with Gasteiger partial charge in [0.2, 0.25) is 0 Å². The molecule has 0 aliphatic carbocycles. The fourth-order valence-electron chi connectivity index (χ4n) is 1.95. The Kier molecular flexibility index (Phi) is 4.42. The van der Waals surface area contributed by atoms with E-state index in [1.165, 1.54) is 5.56 Å². The Hall–Kier alpha value is -1.74. The first-order chi connectivity index (χ1) is 8.85. The number of ether oxygens (including phenoxy) is 1. The van der Waals surface area contributed by atoms with E-state index >= 15 is 0 Å². The summed E-state index contributed by atoms with van der Waals surface area (Å²) in [6.07, 6.45) is 4.60. The summed E-state index contributed by atoms with van der Waals surface area (Å²) < 4.78 is 10.4. The van der Waals surface area contributed by atoms with Crippen LogP contribution in [0, 0.1) is 0 Å². The van der Waals surface area contributed by atoms with Crippen LogP contribution < -0.4 is 10.1 Å². The summed E-state index contributed by atoms with van der Waals surface area (Å²) in [5.74, 6) is 0.875. The van der Waals surface area contributed by atoms with Crippen molar-refractivity contribution in [2.24, 2.45) is 0 Å². The Balaban J connectivity index is 2.21. The van der Waals surface area contributed by atoms with Gasteiger partial charge in [-0.05, 0) is 36.7 Å². The molecule has 1 aromatic heterocycles. The van der Waals surface area contributed by atoms with Crippen LogP contribution in [0.1, 0.15) is 30.5 Å². The van der Waals surface area contributed by atoms with Crippen LogP contribution in [-0.4, -0.2) is 13.7 Å². The number of rotatable bonds is 6. The average molecular weight is 245 g/mol. The minimum Gasteiger partial charge on any atom is -0.497 e. The molecule has 1 atom stereocenters. The van der Waals surface area contributed by atoms with Gasteiger partial charge in [-0.15, -0.1) is 0 Å². The summed E-state index contributed by atoms with van der Waals surface area (Å²) in [5, 5.41) is 3.52. The molecule has 1 heterocycles. The van der Waals surface area contributed by atoms with Crippen molar-refractivity contribution < 1.29 is 9.15 Å². The third kappa shape index (κ3) is 2.93. The molecule has 2 rings (SSSR count). The fourth-order valence-corrected chi connectivity index (χ4v) is 1.95. The van der Waals surface area contributed by atoms with Crippen molar-refractivity contribution in [2.75, 3.05) is 13.7 Å². The number of furan rings is 1. The van der Waals surface area contributed by atoms with E-state index in [1.807, 2.05) is 18.2 Å². The lowest BCUT2D eigenvalue weighted by atomic mass is 10.0. The third-order valence-electron chi connectivity index (χ3n) is 2.92. The maximum absolute atomic E-state index is 5.18. The van der Waals surface area contributed by atoms with Crippen molar-refractivity contribution in [1.29, 1.82) is 0 Å². The zero-order valence-corrected chi connectivity index (χ0v) is 10.8. The summed E-state index contributed by atoms with van der Waals surface area (Å²) in [4.78, 5) is 0. The number of nitrogens with one attached hydrogen (secondary N) is 1. The van der Waals surface area contributed by atoms with Crippen LogP contribution in [0.2, 0.25) is 0 Å². The first-order valence-corrected chi connectivity index (χ1v) is 6.24. The molecule has 0 bridgehead atoms. The standard InChI is InChI=1S/C15H19NO2/c1-3-9-16-15(13-8-10-18-11-13)12-4-6-14(17-2)7-5-12/h4-8,10-11,15-16H,3,9H2,1-2H3. The zero-order valence-electron chi connectivity index (χ0n) is 10.8. The Morgan fingerprint density at radius 3 is 2.50 bits per heavy atom. The molecule has 3 nitrogen and oxygen atoms in total. The minimum absolute atomic E-state index is 0.176. The first-order valence-electron chi connectivity index (χ1n) is 6.24. The Labute approximate surface area is 108 Å². The maximum Gasteiger partial charge on any atom is 0.118 e. The highest BCUT2D eigenvalue weighted by Gasteiger charge is 2.14. The molecule has 1 unspecified atom stereocenters. The third-order valence-corrected chi connectivity index (χ3v) is 2.92. The molecule has 0 aliphatic rings. The molecule has 18 heavy (non-hydrogen) atoms. The normalized spacial score (nSPS) is 12.3. The number of hydrogen-bond acceptors (Lipinski definition) is 3. The lowest BCUT2D eigenvalue weighted by molar-refractivity contribution is 0.414. The summed E-state index contributed by atoms with van der Waals surface area (Å²) >= 11 is 0. The van der Waals surface area contributed by atoms with E-state index in [4.69, 9.17) is 9.15 Å². The van der Waals surface area contributed by atoms with Gasteiger partial charge in [-0.25, -0.2) is 0 Å². The molecule has 3 heteroatoms. The molecular formula is C15H19NO2. The Bertz CT molecular complexity index is 448. The van der Waals surface area contributed by atoms with Crippen LogP contribution in [0.25, 0.3) is 0 Å². The molecule has 2 aromatic rings.